The van der Waals surface area contributed by atoms with Crippen molar-refractivity contribution in [3.63, 3.8) is 0 Å². The molecule has 1 fully saturated rings. The van der Waals surface area contributed by atoms with Crippen molar-refractivity contribution in [1.29, 1.82) is 0 Å². The quantitative estimate of drug-likeness (QED) is 0.448. The number of hydrogen-bond donors (Lipinski definition) is 0. The lowest BCUT2D eigenvalue weighted by Gasteiger charge is -2.39. The topological polar surface area (TPSA) is 3.24 Å². The lowest BCUT2D eigenvalue weighted by atomic mass is 9.97. The van der Waals surface area contributed by atoms with Crippen molar-refractivity contribution in [2.45, 2.75) is 66.4 Å². The molecule has 28 heavy (non-hydrogen) atoms. The number of rotatable bonds is 5. The smallest absolute Gasteiger partial charge is 0.171 e. The third kappa shape index (κ3) is 4.19. The average Bonchev–Trinajstić information content (AvgIpc) is 2.74. The molecule has 2 atom stereocenters. The van der Waals surface area contributed by atoms with E-state index in [-0.39, 0.29) is 10.9 Å². The van der Waals surface area contributed by atoms with Crippen LogP contribution in [0.3, 0.4) is 0 Å². The molecule has 0 saturated carbocycles. The lowest BCUT2D eigenvalue weighted by Crippen LogP contribution is -2.43. The van der Waals surface area contributed by atoms with E-state index in [0.717, 1.165) is 6.54 Å². The molecule has 0 amide bonds. The number of likely N-dealkylation sites (tertiary alicyclic amines) is 1. The van der Waals surface area contributed by atoms with Gasteiger partial charge in [-0.15, -0.1) is 0 Å². The Morgan fingerprint density at radius 3 is 1.79 bits per heavy atom. The molecule has 144 valence electrons. The van der Waals surface area contributed by atoms with Crippen LogP contribution in [0.4, 0.5) is 0 Å². The van der Waals surface area contributed by atoms with E-state index in [1.165, 1.54) is 39.5 Å². The highest BCUT2D eigenvalue weighted by molar-refractivity contribution is 7.97. The molecular formula is C26H30NS+. The summed E-state index contributed by atoms with van der Waals surface area (Å²) >= 11 is 0. The Morgan fingerprint density at radius 1 is 0.714 bits per heavy atom. The third-order valence-corrected chi connectivity index (χ3v) is 8.20. The average molecular weight is 389 g/mol. The minimum Gasteiger partial charge on any atom is -0.294 e. The molecule has 1 saturated heterocycles. The van der Waals surface area contributed by atoms with Crippen LogP contribution >= 0.6 is 0 Å². The summed E-state index contributed by atoms with van der Waals surface area (Å²) in [4.78, 5) is 6.95. The molecule has 1 nitrogen and oxygen atoms in total. The van der Waals surface area contributed by atoms with Crippen LogP contribution in [0.2, 0.25) is 0 Å². The first kappa shape index (κ1) is 19.3. The van der Waals surface area contributed by atoms with Crippen molar-refractivity contribution >= 4 is 10.9 Å². The van der Waals surface area contributed by atoms with Crippen LogP contribution in [0.15, 0.2) is 99.6 Å². The zero-order chi connectivity index (χ0) is 19.3. The molecule has 0 bridgehead atoms. The van der Waals surface area contributed by atoms with Gasteiger partial charge in [0.25, 0.3) is 0 Å². The zero-order valence-electron chi connectivity index (χ0n) is 16.9. The summed E-state index contributed by atoms with van der Waals surface area (Å²) in [5.74, 6) is 0. The van der Waals surface area contributed by atoms with Gasteiger partial charge in [-0.3, -0.25) is 4.90 Å². The van der Waals surface area contributed by atoms with Gasteiger partial charge in [-0.1, -0.05) is 61.0 Å². The van der Waals surface area contributed by atoms with Crippen LogP contribution < -0.4 is 0 Å². The van der Waals surface area contributed by atoms with Crippen molar-refractivity contribution < 1.29 is 0 Å². The predicted molar refractivity (Wildman–Crippen MR) is 120 cm³/mol. The van der Waals surface area contributed by atoms with Gasteiger partial charge in [-0.25, -0.2) is 0 Å². The highest BCUT2D eigenvalue weighted by atomic mass is 32.2. The Hall–Kier alpha value is -2.03. The molecule has 1 aliphatic rings. The van der Waals surface area contributed by atoms with Crippen molar-refractivity contribution in [3.05, 3.63) is 90.5 Å². The summed E-state index contributed by atoms with van der Waals surface area (Å²) in [5, 5.41) is 0. The van der Waals surface area contributed by atoms with E-state index in [9.17, 15) is 0 Å². The fourth-order valence-corrected chi connectivity index (χ4v) is 6.57. The SMILES string of the molecule is CC1CCCC(C)N1Cc1ccccc1[S+](c1ccccc1)c1ccccc1. The molecule has 2 unspecified atom stereocenters. The molecule has 4 rings (SSSR count). The monoisotopic (exact) mass is 388 g/mol. The fraction of sp³-hybridized carbons (Fsp3) is 0.308. The lowest BCUT2D eigenvalue weighted by molar-refractivity contribution is 0.0944. The highest BCUT2D eigenvalue weighted by Crippen LogP contribution is 2.35. The number of hydrogen-bond acceptors (Lipinski definition) is 1. The van der Waals surface area contributed by atoms with Gasteiger partial charge in [0.15, 0.2) is 14.7 Å². The van der Waals surface area contributed by atoms with Crippen LogP contribution in [-0.2, 0) is 17.4 Å². The maximum Gasteiger partial charge on any atom is 0.171 e. The van der Waals surface area contributed by atoms with E-state index in [2.05, 4.69) is 104 Å². The second-order valence-electron chi connectivity index (χ2n) is 7.84. The molecule has 2 heteroatoms. The summed E-state index contributed by atoms with van der Waals surface area (Å²) in [6.45, 7) is 5.83. The van der Waals surface area contributed by atoms with E-state index in [1.54, 1.807) is 0 Å². The molecule has 0 N–H and O–H groups in total. The van der Waals surface area contributed by atoms with Crippen LogP contribution in [-0.4, -0.2) is 17.0 Å². The molecule has 3 aromatic rings. The normalized spacial score (nSPS) is 20.4. The maximum atomic E-state index is 2.71. The Balaban J connectivity index is 1.76. The van der Waals surface area contributed by atoms with Crippen LogP contribution in [0.25, 0.3) is 0 Å². The van der Waals surface area contributed by atoms with E-state index in [0.29, 0.717) is 12.1 Å². The maximum absolute atomic E-state index is 2.71. The van der Waals surface area contributed by atoms with Crippen LogP contribution in [0.1, 0.15) is 38.7 Å². The standard InChI is InChI=1S/C26H30NS/c1-21-12-11-13-22(2)27(21)20-23-14-9-10-19-26(23)28(24-15-5-3-6-16-24)25-17-7-4-8-18-25/h3-10,14-19,21-22H,11-13,20H2,1-2H3/q+1. The van der Waals surface area contributed by atoms with E-state index < -0.39 is 0 Å². The summed E-state index contributed by atoms with van der Waals surface area (Å²) in [6, 6.07) is 32.4. The van der Waals surface area contributed by atoms with Gasteiger partial charge in [-0.2, -0.15) is 0 Å². The van der Waals surface area contributed by atoms with E-state index in [4.69, 9.17) is 0 Å². The van der Waals surface area contributed by atoms with Gasteiger partial charge >= 0.3 is 0 Å². The minimum absolute atomic E-state index is 0.0797. The van der Waals surface area contributed by atoms with Gasteiger partial charge in [0.05, 0.1) is 10.9 Å². The Bertz CT molecular complexity index is 828. The Labute approximate surface area is 172 Å². The van der Waals surface area contributed by atoms with Crippen molar-refractivity contribution in [2.24, 2.45) is 0 Å². The van der Waals surface area contributed by atoms with Gasteiger partial charge in [0, 0.05) is 24.2 Å². The zero-order valence-corrected chi connectivity index (χ0v) is 17.7. The van der Waals surface area contributed by atoms with Crippen molar-refractivity contribution in [2.75, 3.05) is 0 Å². The number of benzene rings is 3. The van der Waals surface area contributed by atoms with E-state index >= 15 is 0 Å². The third-order valence-electron chi connectivity index (χ3n) is 5.88. The molecule has 0 aliphatic carbocycles. The van der Waals surface area contributed by atoms with Crippen LogP contribution in [0.5, 0.6) is 0 Å². The summed E-state index contributed by atoms with van der Waals surface area (Å²) in [7, 11) is -0.0797. The second kappa shape index (κ2) is 8.98. The highest BCUT2D eigenvalue weighted by Gasteiger charge is 2.33. The molecule has 0 radical (unpaired) electrons. The van der Waals surface area contributed by atoms with Gasteiger partial charge in [0.1, 0.15) is 0 Å². The first-order valence-corrected chi connectivity index (χ1v) is 11.6. The van der Waals surface area contributed by atoms with Gasteiger partial charge < -0.3 is 0 Å². The molecule has 1 heterocycles. The predicted octanol–water partition coefficient (Wildman–Crippen LogP) is 6.54. The van der Waals surface area contributed by atoms with Crippen LogP contribution in [0, 0.1) is 0 Å². The summed E-state index contributed by atoms with van der Waals surface area (Å²) < 4.78 is 0. The van der Waals surface area contributed by atoms with Gasteiger partial charge in [-0.05, 0) is 57.0 Å². The Morgan fingerprint density at radius 2 is 1.21 bits per heavy atom. The Kier molecular flexibility index (Phi) is 6.19. The second-order valence-corrected chi connectivity index (χ2v) is 9.84. The van der Waals surface area contributed by atoms with Crippen molar-refractivity contribution in [3.8, 4) is 0 Å². The minimum atomic E-state index is -0.0797. The van der Waals surface area contributed by atoms with Gasteiger partial charge in [0.2, 0.25) is 0 Å². The molecule has 0 spiro atoms. The first-order valence-electron chi connectivity index (χ1n) is 10.4. The van der Waals surface area contributed by atoms with E-state index in [1.807, 2.05) is 0 Å². The molecule has 3 aromatic carbocycles. The molecule has 0 aromatic heterocycles. The first-order chi connectivity index (χ1) is 13.7. The number of piperidine rings is 1. The molecular weight excluding hydrogens is 358 g/mol. The fourth-order valence-electron chi connectivity index (χ4n) is 4.32. The number of nitrogens with zero attached hydrogens (tertiary/aromatic N) is 1. The summed E-state index contributed by atoms with van der Waals surface area (Å²) in [5.41, 5.74) is 1.47. The largest absolute Gasteiger partial charge is 0.294 e. The van der Waals surface area contributed by atoms with Crippen molar-refractivity contribution in [1.82, 2.24) is 4.90 Å². The summed E-state index contributed by atoms with van der Waals surface area (Å²) in [6.07, 6.45) is 3.99. The molecule has 1 aliphatic heterocycles.